The highest BCUT2D eigenvalue weighted by molar-refractivity contribution is 5.97. The van der Waals surface area contributed by atoms with E-state index < -0.39 is 0 Å². The summed E-state index contributed by atoms with van der Waals surface area (Å²) in [5, 5.41) is 5.87. The molecule has 1 heterocycles. The van der Waals surface area contributed by atoms with E-state index in [-0.39, 0.29) is 17.7 Å². The van der Waals surface area contributed by atoms with Gasteiger partial charge in [-0.25, -0.2) is 0 Å². The fourth-order valence-corrected chi connectivity index (χ4v) is 3.27. The van der Waals surface area contributed by atoms with Gasteiger partial charge in [0.05, 0.1) is 0 Å². The van der Waals surface area contributed by atoms with Crippen LogP contribution in [-0.4, -0.2) is 22.9 Å². The summed E-state index contributed by atoms with van der Waals surface area (Å²) >= 11 is 0. The molecule has 1 aliphatic carbocycles. The molecular formula is C20H25N3O2. The first kappa shape index (κ1) is 17.3. The molecule has 1 aliphatic rings. The largest absolute Gasteiger partial charge is 0.353 e. The molecule has 0 spiro atoms. The van der Waals surface area contributed by atoms with Gasteiger partial charge in [0, 0.05) is 42.7 Å². The molecule has 0 saturated heterocycles. The molecule has 2 aromatic rings. The predicted molar refractivity (Wildman–Crippen MR) is 98.4 cm³/mol. The van der Waals surface area contributed by atoms with Gasteiger partial charge in [-0.3, -0.25) is 9.59 Å². The number of aromatic nitrogens is 1. The molecular weight excluding hydrogens is 314 g/mol. The molecule has 0 radical (unpaired) electrons. The van der Waals surface area contributed by atoms with Crippen LogP contribution in [0.15, 0.2) is 48.8 Å². The van der Waals surface area contributed by atoms with Crippen molar-refractivity contribution in [3.63, 3.8) is 0 Å². The van der Waals surface area contributed by atoms with Gasteiger partial charge >= 0.3 is 0 Å². The van der Waals surface area contributed by atoms with Crippen molar-refractivity contribution in [1.29, 1.82) is 0 Å². The number of nitrogens with one attached hydrogen (secondary N) is 2. The van der Waals surface area contributed by atoms with Crippen LogP contribution in [-0.2, 0) is 11.3 Å². The summed E-state index contributed by atoms with van der Waals surface area (Å²) < 4.78 is 2.01. The first-order valence-corrected chi connectivity index (χ1v) is 9.02. The van der Waals surface area contributed by atoms with Crippen molar-refractivity contribution in [2.45, 2.75) is 38.6 Å². The van der Waals surface area contributed by atoms with E-state index in [0.29, 0.717) is 17.8 Å². The van der Waals surface area contributed by atoms with Crippen LogP contribution in [0.25, 0.3) is 0 Å². The van der Waals surface area contributed by atoms with Gasteiger partial charge in [0.25, 0.3) is 5.91 Å². The zero-order chi connectivity index (χ0) is 17.5. The Labute approximate surface area is 148 Å². The molecule has 1 saturated carbocycles. The van der Waals surface area contributed by atoms with Crippen molar-refractivity contribution in [3.8, 4) is 0 Å². The molecule has 5 nitrogen and oxygen atoms in total. The third kappa shape index (κ3) is 4.95. The average Bonchev–Trinajstić information content (AvgIpc) is 3.16. The fourth-order valence-electron chi connectivity index (χ4n) is 3.27. The number of hydrogen-bond donors (Lipinski definition) is 2. The van der Waals surface area contributed by atoms with Gasteiger partial charge in [0.2, 0.25) is 5.91 Å². The van der Waals surface area contributed by atoms with Crippen molar-refractivity contribution in [2.24, 2.45) is 5.92 Å². The van der Waals surface area contributed by atoms with Crippen molar-refractivity contribution in [1.82, 2.24) is 9.88 Å². The minimum atomic E-state index is -0.124. The summed E-state index contributed by atoms with van der Waals surface area (Å²) in [5.74, 6) is 0.0543. The first-order valence-electron chi connectivity index (χ1n) is 9.02. The highest BCUT2D eigenvalue weighted by Crippen LogP contribution is 2.25. The lowest BCUT2D eigenvalue weighted by Gasteiger charge is -2.20. The Kier molecular flexibility index (Phi) is 5.88. The van der Waals surface area contributed by atoms with E-state index in [1.165, 1.54) is 6.42 Å². The van der Waals surface area contributed by atoms with Gasteiger partial charge in [0.15, 0.2) is 0 Å². The van der Waals surface area contributed by atoms with Crippen LogP contribution in [0.4, 0.5) is 5.69 Å². The number of anilines is 1. The summed E-state index contributed by atoms with van der Waals surface area (Å²) in [6.45, 7) is 1.29. The minimum Gasteiger partial charge on any atom is -0.353 e. The Balaban J connectivity index is 1.53. The molecule has 0 aliphatic heterocycles. The van der Waals surface area contributed by atoms with Crippen LogP contribution >= 0.6 is 0 Å². The summed E-state index contributed by atoms with van der Waals surface area (Å²) in [6.07, 6.45) is 9.34. The van der Waals surface area contributed by atoms with Gasteiger partial charge in [-0.2, -0.15) is 0 Å². The Morgan fingerprint density at radius 2 is 1.80 bits per heavy atom. The van der Waals surface area contributed by atoms with Crippen LogP contribution in [0.5, 0.6) is 0 Å². The molecule has 1 aromatic carbocycles. The number of carbonyl (C=O) groups is 2. The number of amides is 2. The maximum absolute atomic E-state index is 12.3. The lowest BCUT2D eigenvalue weighted by Crippen LogP contribution is -2.27. The zero-order valence-corrected chi connectivity index (χ0v) is 14.4. The molecule has 2 N–H and O–H groups in total. The lowest BCUT2D eigenvalue weighted by molar-refractivity contribution is -0.120. The summed E-state index contributed by atoms with van der Waals surface area (Å²) in [6, 6.07) is 11.1. The van der Waals surface area contributed by atoms with Gasteiger partial charge in [-0.1, -0.05) is 25.3 Å². The summed E-state index contributed by atoms with van der Waals surface area (Å²) in [5.41, 5.74) is 1.25. The van der Waals surface area contributed by atoms with E-state index in [4.69, 9.17) is 0 Å². The van der Waals surface area contributed by atoms with Crippen LogP contribution in [0.1, 0.15) is 42.5 Å². The Morgan fingerprint density at radius 1 is 1.04 bits per heavy atom. The van der Waals surface area contributed by atoms with Crippen molar-refractivity contribution in [3.05, 3.63) is 54.4 Å². The molecule has 0 atom stereocenters. The number of benzene rings is 1. The van der Waals surface area contributed by atoms with Gasteiger partial charge in [0.1, 0.15) is 0 Å². The van der Waals surface area contributed by atoms with Crippen LogP contribution in [0, 0.1) is 5.92 Å². The Bertz CT molecular complexity index is 703. The highest BCUT2D eigenvalue weighted by Gasteiger charge is 2.21. The van der Waals surface area contributed by atoms with E-state index in [1.807, 2.05) is 35.2 Å². The van der Waals surface area contributed by atoms with E-state index in [1.54, 1.807) is 18.2 Å². The average molecular weight is 339 g/mol. The molecule has 5 heteroatoms. The predicted octanol–water partition coefficient (Wildman–Crippen LogP) is 3.44. The van der Waals surface area contributed by atoms with E-state index in [0.717, 1.165) is 32.2 Å². The Morgan fingerprint density at radius 3 is 2.56 bits per heavy atom. The fraction of sp³-hybridized carbons (Fsp3) is 0.400. The Hall–Kier alpha value is -2.56. The molecule has 25 heavy (non-hydrogen) atoms. The maximum atomic E-state index is 12.3. The maximum Gasteiger partial charge on any atom is 0.251 e. The number of carbonyl (C=O) groups excluding carboxylic acids is 2. The quantitative estimate of drug-likeness (QED) is 0.847. The van der Waals surface area contributed by atoms with E-state index in [9.17, 15) is 9.59 Å². The lowest BCUT2D eigenvalue weighted by atomic mass is 9.88. The third-order valence-electron chi connectivity index (χ3n) is 4.69. The molecule has 3 rings (SSSR count). The summed E-state index contributed by atoms with van der Waals surface area (Å²) in [7, 11) is 0. The number of rotatable bonds is 6. The SMILES string of the molecule is O=C(NCCn1cccc1)c1cccc(NC(=O)C2CCCCC2)c1. The molecule has 1 aromatic heterocycles. The van der Waals surface area contributed by atoms with Crippen molar-refractivity contribution >= 4 is 17.5 Å². The van der Waals surface area contributed by atoms with Crippen LogP contribution < -0.4 is 10.6 Å². The molecule has 1 fully saturated rings. The van der Waals surface area contributed by atoms with Gasteiger partial charge in [-0.05, 0) is 43.2 Å². The van der Waals surface area contributed by atoms with Crippen LogP contribution in [0.3, 0.4) is 0 Å². The minimum absolute atomic E-state index is 0.0739. The molecule has 132 valence electrons. The van der Waals surface area contributed by atoms with Gasteiger partial charge < -0.3 is 15.2 Å². The molecule has 0 bridgehead atoms. The summed E-state index contributed by atoms with van der Waals surface area (Å²) in [4.78, 5) is 24.6. The first-order chi connectivity index (χ1) is 12.2. The number of nitrogens with zero attached hydrogens (tertiary/aromatic N) is 1. The second-order valence-corrected chi connectivity index (χ2v) is 6.58. The normalized spacial score (nSPS) is 14.9. The topological polar surface area (TPSA) is 63.1 Å². The molecule has 0 unspecified atom stereocenters. The highest BCUT2D eigenvalue weighted by atomic mass is 16.2. The molecule has 2 amide bonds. The van der Waals surface area contributed by atoms with Crippen molar-refractivity contribution < 1.29 is 9.59 Å². The van der Waals surface area contributed by atoms with E-state index >= 15 is 0 Å². The van der Waals surface area contributed by atoms with Gasteiger partial charge in [-0.15, -0.1) is 0 Å². The smallest absolute Gasteiger partial charge is 0.251 e. The standard InChI is InChI=1S/C20H25N3O2/c24-19(21-11-14-23-12-4-5-13-23)17-9-6-10-18(15-17)22-20(25)16-7-2-1-3-8-16/h4-6,9-10,12-13,15-16H,1-3,7-8,11,14H2,(H,21,24)(H,22,25). The monoisotopic (exact) mass is 339 g/mol. The second kappa shape index (κ2) is 8.51. The zero-order valence-electron chi connectivity index (χ0n) is 14.4. The third-order valence-corrected chi connectivity index (χ3v) is 4.69. The van der Waals surface area contributed by atoms with E-state index in [2.05, 4.69) is 10.6 Å². The number of hydrogen-bond acceptors (Lipinski definition) is 2. The van der Waals surface area contributed by atoms with Crippen LogP contribution in [0.2, 0.25) is 0 Å². The second-order valence-electron chi connectivity index (χ2n) is 6.58. The van der Waals surface area contributed by atoms with Crippen molar-refractivity contribution in [2.75, 3.05) is 11.9 Å².